The van der Waals surface area contributed by atoms with Crippen molar-refractivity contribution in [3.8, 4) is 0 Å². The molecule has 0 aliphatic carbocycles. The number of amides is 1. The molecule has 0 saturated carbocycles. The van der Waals surface area contributed by atoms with Crippen LogP contribution in [0.15, 0.2) is 30.3 Å². The van der Waals surface area contributed by atoms with Crippen LogP contribution < -0.4 is 11.3 Å². The van der Waals surface area contributed by atoms with Crippen molar-refractivity contribution in [3.63, 3.8) is 0 Å². The zero-order valence-corrected chi connectivity index (χ0v) is 10.1. The molecule has 0 spiro atoms. The maximum atomic E-state index is 11.9. The molecule has 0 aliphatic heterocycles. The number of nitrogens with one attached hydrogen (secondary N) is 1. The van der Waals surface area contributed by atoms with E-state index in [0.29, 0.717) is 0 Å². The smallest absolute Gasteiger partial charge is 0.255 e. The predicted molar refractivity (Wildman–Crippen MR) is 67.3 cm³/mol. The minimum atomic E-state index is -0.615. The van der Waals surface area contributed by atoms with Crippen LogP contribution in [0, 0.1) is 0 Å². The third-order valence-electron chi connectivity index (χ3n) is 2.65. The summed E-state index contributed by atoms with van der Waals surface area (Å²) in [7, 11) is 0. The minimum Gasteiger partial charge on any atom is -0.395 e. The first-order valence-electron chi connectivity index (χ1n) is 5.75. The van der Waals surface area contributed by atoms with Crippen molar-refractivity contribution < 1.29 is 15.0 Å². The van der Waals surface area contributed by atoms with Gasteiger partial charge in [0.15, 0.2) is 0 Å². The van der Waals surface area contributed by atoms with Crippen LogP contribution in [0.2, 0.25) is 0 Å². The standard InChI is InChI=1S/C12H19N3O3/c13-14-12(18)11(10-4-2-1-3-5-10)15(6-8-16)7-9-17/h1-5,11,16-17H,6-9,13H2,(H,14,18). The van der Waals surface area contributed by atoms with Gasteiger partial charge in [0, 0.05) is 13.1 Å². The van der Waals surface area contributed by atoms with E-state index in [4.69, 9.17) is 16.1 Å². The van der Waals surface area contributed by atoms with Gasteiger partial charge in [0.2, 0.25) is 0 Å². The van der Waals surface area contributed by atoms with Crippen molar-refractivity contribution in [2.45, 2.75) is 6.04 Å². The predicted octanol–water partition coefficient (Wildman–Crippen LogP) is -0.996. The molecule has 0 radical (unpaired) electrons. The van der Waals surface area contributed by atoms with Crippen LogP contribution in [-0.4, -0.2) is 47.3 Å². The molecule has 6 nitrogen and oxygen atoms in total. The molecule has 5 N–H and O–H groups in total. The molecule has 1 unspecified atom stereocenters. The van der Waals surface area contributed by atoms with Gasteiger partial charge in [0.05, 0.1) is 13.2 Å². The van der Waals surface area contributed by atoms with Crippen LogP contribution in [0.4, 0.5) is 0 Å². The second-order valence-corrected chi connectivity index (χ2v) is 3.80. The highest BCUT2D eigenvalue weighted by molar-refractivity contribution is 5.82. The Morgan fingerprint density at radius 2 is 1.78 bits per heavy atom. The first kappa shape index (κ1) is 14.6. The molecule has 1 atom stereocenters. The topological polar surface area (TPSA) is 98.8 Å². The lowest BCUT2D eigenvalue weighted by molar-refractivity contribution is -0.127. The molecule has 0 fully saturated rings. The molecule has 0 bridgehead atoms. The zero-order valence-electron chi connectivity index (χ0n) is 10.1. The summed E-state index contributed by atoms with van der Waals surface area (Å²) in [6, 6.07) is 8.49. The quantitative estimate of drug-likeness (QED) is 0.284. The van der Waals surface area contributed by atoms with E-state index in [2.05, 4.69) is 5.43 Å². The average Bonchev–Trinajstić information content (AvgIpc) is 2.40. The van der Waals surface area contributed by atoms with Crippen LogP contribution >= 0.6 is 0 Å². The fourth-order valence-electron chi connectivity index (χ4n) is 1.87. The molecule has 1 aromatic rings. The third-order valence-corrected chi connectivity index (χ3v) is 2.65. The Bertz CT molecular complexity index is 353. The highest BCUT2D eigenvalue weighted by Crippen LogP contribution is 2.20. The van der Waals surface area contributed by atoms with Gasteiger partial charge >= 0.3 is 0 Å². The van der Waals surface area contributed by atoms with Gasteiger partial charge in [-0.3, -0.25) is 15.1 Å². The van der Waals surface area contributed by atoms with Gasteiger partial charge in [0.1, 0.15) is 6.04 Å². The molecular formula is C12H19N3O3. The van der Waals surface area contributed by atoms with Gasteiger partial charge in [-0.1, -0.05) is 30.3 Å². The van der Waals surface area contributed by atoms with Crippen molar-refractivity contribution in [3.05, 3.63) is 35.9 Å². The maximum Gasteiger partial charge on any atom is 0.255 e. The Labute approximate surface area is 106 Å². The van der Waals surface area contributed by atoms with Gasteiger partial charge in [-0.15, -0.1) is 0 Å². The molecule has 1 aromatic carbocycles. The molecule has 0 saturated heterocycles. The highest BCUT2D eigenvalue weighted by Gasteiger charge is 2.26. The number of carbonyl (C=O) groups is 1. The molecule has 6 heteroatoms. The lowest BCUT2D eigenvalue weighted by Crippen LogP contribution is -2.45. The summed E-state index contributed by atoms with van der Waals surface area (Å²) in [5.74, 6) is 4.82. The van der Waals surface area contributed by atoms with Crippen molar-refractivity contribution in [2.24, 2.45) is 5.84 Å². The number of rotatable bonds is 7. The van der Waals surface area contributed by atoms with Gasteiger partial charge in [0.25, 0.3) is 5.91 Å². The van der Waals surface area contributed by atoms with E-state index >= 15 is 0 Å². The number of nitrogens with two attached hydrogens (primary N) is 1. The second kappa shape index (κ2) is 7.78. The Morgan fingerprint density at radius 1 is 1.22 bits per heavy atom. The Kier molecular flexibility index (Phi) is 6.31. The number of hydrogen-bond acceptors (Lipinski definition) is 5. The number of hydrogen-bond donors (Lipinski definition) is 4. The van der Waals surface area contributed by atoms with Crippen molar-refractivity contribution in [1.82, 2.24) is 10.3 Å². The molecule has 18 heavy (non-hydrogen) atoms. The monoisotopic (exact) mass is 253 g/mol. The number of aliphatic hydroxyl groups excluding tert-OH is 2. The fourth-order valence-corrected chi connectivity index (χ4v) is 1.87. The van der Waals surface area contributed by atoms with Crippen molar-refractivity contribution >= 4 is 5.91 Å². The van der Waals surface area contributed by atoms with Crippen molar-refractivity contribution in [2.75, 3.05) is 26.3 Å². The Balaban J connectivity index is 2.99. The average molecular weight is 253 g/mol. The summed E-state index contributed by atoms with van der Waals surface area (Å²) in [4.78, 5) is 13.5. The number of nitrogens with zero attached hydrogens (tertiary/aromatic N) is 1. The fraction of sp³-hybridized carbons (Fsp3) is 0.417. The van der Waals surface area contributed by atoms with Crippen LogP contribution in [0.5, 0.6) is 0 Å². The molecule has 1 rings (SSSR count). The number of carbonyl (C=O) groups excluding carboxylic acids is 1. The van der Waals surface area contributed by atoms with E-state index in [9.17, 15) is 4.79 Å². The van der Waals surface area contributed by atoms with Crippen molar-refractivity contribution in [1.29, 1.82) is 0 Å². The largest absolute Gasteiger partial charge is 0.395 e. The van der Waals surface area contributed by atoms with Gasteiger partial charge in [-0.05, 0) is 5.56 Å². The molecule has 1 amide bonds. The summed E-state index contributed by atoms with van der Waals surface area (Å²) in [5.41, 5.74) is 2.88. The first-order valence-corrected chi connectivity index (χ1v) is 5.75. The second-order valence-electron chi connectivity index (χ2n) is 3.80. The summed E-state index contributed by atoms with van der Waals surface area (Å²) in [6.45, 7) is 0.378. The van der Waals surface area contributed by atoms with Crippen LogP contribution in [0.1, 0.15) is 11.6 Å². The molecule has 0 aromatic heterocycles. The number of aliphatic hydroxyl groups is 2. The molecular weight excluding hydrogens is 234 g/mol. The third kappa shape index (κ3) is 3.78. The van der Waals surface area contributed by atoms with Crippen LogP contribution in [0.3, 0.4) is 0 Å². The van der Waals surface area contributed by atoms with E-state index < -0.39 is 6.04 Å². The summed E-state index contributed by atoms with van der Waals surface area (Å²) < 4.78 is 0. The summed E-state index contributed by atoms with van der Waals surface area (Å²) in [6.07, 6.45) is 0. The zero-order chi connectivity index (χ0) is 13.4. The molecule has 0 heterocycles. The van der Waals surface area contributed by atoms with Gasteiger partial charge < -0.3 is 10.2 Å². The lowest BCUT2D eigenvalue weighted by atomic mass is 10.0. The van der Waals surface area contributed by atoms with Gasteiger partial charge in [-0.2, -0.15) is 0 Å². The summed E-state index contributed by atoms with van der Waals surface area (Å²) in [5, 5.41) is 18.1. The van der Waals surface area contributed by atoms with E-state index in [1.165, 1.54) is 0 Å². The summed E-state index contributed by atoms with van der Waals surface area (Å²) >= 11 is 0. The van der Waals surface area contributed by atoms with E-state index in [1.54, 1.807) is 4.90 Å². The van der Waals surface area contributed by atoms with Crippen LogP contribution in [0.25, 0.3) is 0 Å². The van der Waals surface area contributed by atoms with Gasteiger partial charge in [-0.25, -0.2) is 5.84 Å². The maximum absolute atomic E-state index is 11.9. The Morgan fingerprint density at radius 3 is 2.22 bits per heavy atom. The van der Waals surface area contributed by atoms with E-state index in [0.717, 1.165) is 5.56 Å². The SMILES string of the molecule is NNC(=O)C(c1ccccc1)N(CCO)CCO. The first-order chi connectivity index (χ1) is 8.74. The Hall–Kier alpha value is -1.47. The normalized spacial score (nSPS) is 12.4. The van der Waals surface area contributed by atoms with E-state index in [-0.39, 0.29) is 32.2 Å². The van der Waals surface area contributed by atoms with Crippen LogP contribution in [-0.2, 0) is 4.79 Å². The number of benzene rings is 1. The minimum absolute atomic E-state index is 0.0960. The molecule has 100 valence electrons. The van der Waals surface area contributed by atoms with E-state index in [1.807, 2.05) is 30.3 Å². The number of hydrazine groups is 1. The highest BCUT2D eigenvalue weighted by atomic mass is 16.3. The molecule has 0 aliphatic rings. The lowest BCUT2D eigenvalue weighted by Gasteiger charge is -2.29.